The van der Waals surface area contributed by atoms with Crippen LogP contribution in [0.3, 0.4) is 0 Å². The fourth-order valence-electron chi connectivity index (χ4n) is 8.28. The fraction of sp³-hybridized carbons (Fsp3) is 0.404. The third kappa shape index (κ3) is 5.91. The molecule has 0 bridgehead atoms. The van der Waals surface area contributed by atoms with E-state index in [1.165, 1.54) is 66.8 Å². The Morgan fingerprint density at radius 2 is 1.17 bits per heavy atom. The third-order valence-electron chi connectivity index (χ3n) is 11.1. The molecule has 0 amide bonds. The molecule has 2 unspecified atom stereocenters. The van der Waals surface area contributed by atoms with Gasteiger partial charge >= 0.3 is 0 Å². The van der Waals surface area contributed by atoms with Crippen LogP contribution in [0.25, 0.3) is 33.9 Å². The van der Waals surface area contributed by atoms with Crippen molar-refractivity contribution >= 4 is 20.4 Å². The van der Waals surface area contributed by atoms with Crippen molar-refractivity contribution in [1.82, 2.24) is 0 Å². The number of aryl methyl sites for hydroxylation is 1. The lowest BCUT2D eigenvalue weighted by molar-refractivity contribution is 0.569. The van der Waals surface area contributed by atoms with Gasteiger partial charge in [-0.25, -0.2) is 0 Å². The van der Waals surface area contributed by atoms with Crippen LogP contribution >= 0.6 is 0 Å². The Hall–Kier alpha value is -3.42. The summed E-state index contributed by atoms with van der Waals surface area (Å²) in [7, 11) is -0.654. The minimum Gasteiger partial charge on any atom is -0.0705 e. The maximum atomic E-state index is 2.51. The molecule has 249 valence electrons. The van der Waals surface area contributed by atoms with Crippen LogP contribution in [-0.4, -0.2) is 8.80 Å². The highest BCUT2D eigenvalue weighted by molar-refractivity contribution is 6.59. The number of benzene rings is 4. The molecule has 0 saturated carbocycles. The average molecular weight is 650 g/mol. The van der Waals surface area contributed by atoms with E-state index in [9.17, 15) is 0 Å². The largest absolute Gasteiger partial charge is 0.0705 e. The lowest BCUT2D eigenvalue weighted by Gasteiger charge is -2.28. The molecule has 0 aromatic heterocycles. The van der Waals surface area contributed by atoms with Gasteiger partial charge in [0.1, 0.15) is 0 Å². The number of hydrogen-bond acceptors (Lipinski definition) is 0. The Labute approximate surface area is 294 Å². The third-order valence-corrected chi connectivity index (χ3v) is 12.9. The monoisotopic (exact) mass is 649 g/mol. The zero-order chi connectivity index (χ0) is 35.1. The summed E-state index contributed by atoms with van der Waals surface area (Å²) in [4.78, 5) is 0. The summed E-state index contributed by atoms with van der Waals surface area (Å²) in [6.45, 7) is 33.2. The van der Waals surface area contributed by atoms with Crippen LogP contribution < -0.4 is 0 Å². The average Bonchev–Trinajstić information content (AvgIpc) is 3.48. The zero-order valence-electron chi connectivity index (χ0n) is 32.2. The van der Waals surface area contributed by atoms with Crippen molar-refractivity contribution in [1.29, 1.82) is 0 Å². The van der Waals surface area contributed by atoms with E-state index in [-0.39, 0.29) is 22.2 Å². The SMILES string of the molecule is CC1=Cc2c(-c3ccc(C(C)(C)C)cc3)cccc2C1C1=C(C)C([Si](C)C)c2c(C)ccc(-c3cc(C(C)(C)C)cc(C(C)(C)C)c3)c21. The van der Waals surface area contributed by atoms with Crippen LogP contribution in [-0.2, 0) is 16.2 Å². The van der Waals surface area contributed by atoms with Crippen molar-refractivity contribution in [2.45, 2.75) is 124 Å². The molecule has 0 spiro atoms. The Balaban J connectivity index is 1.59. The molecule has 4 aromatic carbocycles. The summed E-state index contributed by atoms with van der Waals surface area (Å²) in [5.74, 6) is 0.257. The van der Waals surface area contributed by atoms with Gasteiger partial charge in [0.25, 0.3) is 0 Å². The molecule has 0 fully saturated rings. The summed E-state index contributed by atoms with van der Waals surface area (Å²) < 4.78 is 0. The van der Waals surface area contributed by atoms with E-state index in [2.05, 4.69) is 175 Å². The van der Waals surface area contributed by atoms with E-state index in [1.807, 2.05) is 0 Å². The second-order valence-electron chi connectivity index (χ2n) is 18.1. The first kappa shape index (κ1) is 34.4. The van der Waals surface area contributed by atoms with Crippen LogP contribution in [0.4, 0.5) is 0 Å². The maximum absolute atomic E-state index is 2.51. The zero-order valence-corrected chi connectivity index (χ0v) is 33.2. The van der Waals surface area contributed by atoms with Crippen molar-refractivity contribution in [2.24, 2.45) is 0 Å². The van der Waals surface area contributed by atoms with Crippen molar-refractivity contribution < 1.29 is 0 Å². The molecule has 2 atom stereocenters. The lowest BCUT2D eigenvalue weighted by atomic mass is 9.77. The molecule has 0 heterocycles. The van der Waals surface area contributed by atoms with Crippen LogP contribution in [0, 0.1) is 6.92 Å². The maximum Gasteiger partial charge on any atom is 0.0552 e. The van der Waals surface area contributed by atoms with Gasteiger partial charge in [-0.2, -0.15) is 0 Å². The molecule has 48 heavy (non-hydrogen) atoms. The van der Waals surface area contributed by atoms with Gasteiger partial charge in [-0.3, -0.25) is 0 Å². The Morgan fingerprint density at radius 1 is 0.583 bits per heavy atom. The van der Waals surface area contributed by atoms with E-state index in [1.54, 1.807) is 16.7 Å². The summed E-state index contributed by atoms with van der Waals surface area (Å²) in [6.07, 6.45) is 2.50. The molecule has 0 nitrogen and oxygen atoms in total. The topological polar surface area (TPSA) is 0 Å². The van der Waals surface area contributed by atoms with Crippen molar-refractivity contribution in [2.75, 3.05) is 0 Å². The molecule has 1 heteroatoms. The van der Waals surface area contributed by atoms with Gasteiger partial charge in [-0.15, -0.1) is 0 Å². The van der Waals surface area contributed by atoms with E-state index < -0.39 is 8.80 Å². The number of allylic oxidation sites excluding steroid dienone is 3. The van der Waals surface area contributed by atoms with Gasteiger partial charge in [0, 0.05) is 5.92 Å². The molecule has 1 radical (unpaired) electrons. The van der Waals surface area contributed by atoms with Gasteiger partial charge in [0.05, 0.1) is 8.80 Å². The molecule has 0 aliphatic heterocycles. The van der Waals surface area contributed by atoms with Gasteiger partial charge in [-0.1, -0.05) is 165 Å². The first-order valence-electron chi connectivity index (χ1n) is 18.0. The van der Waals surface area contributed by atoms with Gasteiger partial charge in [0.15, 0.2) is 0 Å². The second-order valence-corrected chi connectivity index (χ2v) is 20.8. The second kappa shape index (κ2) is 11.9. The minimum absolute atomic E-state index is 0.0647. The minimum atomic E-state index is -0.654. The van der Waals surface area contributed by atoms with E-state index in [4.69, 9.17) is 0 Å². The summed E-state index contributed by atoms with van der Waals surface area (Å²) >= 11 is 0. The van der Waals surface area contributed by atoms with Crippen LogP contribution in [0.1, 0.15) is 132 Å². The quantitative estimate of drug-likeness (QED) is 0.193. The molecule has 2 aliphatic rings. The molecular formula is C47H57Si. The Morgan fingerprint density at radius 3 is 1.71 bits per heavy atom. The molecular weight excluding hydrogens is 593 g/mol. The smallest absolute Gasteiger partial charge is 0.0552 e. The van der Waals surface area contributed by atoms with Crippen molar-refractivity contribution in [3.63, 3.8) is 0 Å². The first-order chi connectivity index (χ1) is 22.3. The van der Waals surface area contributed by atoms with Crippen molar-refractivity contribution in [3.8, 4) is 22.3 Å². The molecule has 2 aliphatic carbocycles. The molecule has 0 saturated heterocycles. The standard InChI is InChI=1S/C47H57Si/c1-28-18-23-37(32-25-34(46(7,8)9)27-35(26-32)47(10,11)12)43-41(28)44(48(13)14)30(3)42(43)40-29(2)24-39-36(16-15-17-38(39)40)31-19-21-33(22-20-31)45(4,5)6/h15-27,40,44H,1-14H3. The predicted molar refractivity (Wildman–Crippen MR) is 214 cm³/mol. The Bertz CT molecular complexity index is 1920. The highest BCUT2D eigenvalue weighted by atomic mass is 28.3. The first-order valence-corrected chi connectivity index (χ1v) is 20.6. The van der Waals surface area contributed by atoms with E-state index in [0.717, 1.165) is 0 Å². The highest BCUT2D eigenvalue weighted by Gasteiger charge is 2.40. The number of hydrogen-bond donors (Lipinski definition) is 0. The van der Waals surface area contributed by atoms with Crippen molar-refractivity contribution in [3.05, 3.63) is 128 Å². The Kier molecular flexibility index (Phi) is 8.52. The molecule has 0 N–H and O–H groups in total. The highest BCUT2D eigenvalue weighted by Crippen LogP contribution is 2.57. The fourth-order valence-corrected chi connectivity index (χ4v) is 10.2. The predicted octanol–water partition coefficient (Wildman–Crippen LogP) is 13.6. The molecule has 6 rings (SSSR count). The van der Waals surface area contributed by atoms with E-state index in [0.29, 0.717) is 5.54 Å². The summed E-state index contributed by atoms with van der Waals surface area (Å²) in [5, 5.41) is 0. The summed E-state index contributed by atoms with van der Waals surface area (Å²) in [5.41, 5.74) is 22.4. The van der Waals surface area contributed by atoms with Gasteiger partial charge in [0.2, 0.25) is 0 Å². The van der Waals surface area contributed by atoms with Crippen LogP contribution in [0.2, 0.25) is 13.1 Å². The summed E-state index contributed by atoms with van der Waals surface area (Å²) in [6, 6.07) is 28.6. The van der Waals surface area contributed by atoms with Crippen LogP contribution in [0.5, 0.6) is 0 Å². The number of rotatable bonds is 4. The normalized spacial score (nSPS) is 18.0. The molecule has 4 aromatic rings. The van der Waals surface area contributed by atoms with Gasteiger partial charge in [-0.05, 0) is 115 Å². The lowest BCUT2D eigenvalue weighted by Crippen LogP contribution is -2.17. The van der Waals surface area contributed by atoms with Gasteiger partial charge < -0.3 is 0 Å². The van der Waals surface area contributed by atoms with Crippen LogP contribution in [0.15, 0.2) is 83.9 Å². The van der Waals surface area contributed by atoms with E-state index >= 15 is 0 Å². The number of fused-ring (bicyclic) bond motifs is 2.